The minimum absolute atomic E-state index is 0.0517. The number of rotatable bonds is 1. The van der Waals surface area contributed by atoms with Crippen LogP contribution < -0.4 is 5.32 Å². The maximum absolute atomic E-state index is 13.3. The van der Waals surface area contributed by atoms with Crippen molar-refractivity contribution in [2.45, 2.75) is 6.42 Å². The zero-order valence-electron chi connectivity index (χ0n) is 8.71. The zero-order valence-corrected chi connectivity index (χ0v) is 9.47. The van der Waals surface area contributed by atoms with Gasteiger partial charge >= 0.3 is 0 Å². The van der Waals surface area contributed by atoms with Gasteiger partial charge in [0.2, 0.25) is 0 Å². The van der Waals surface area contributed by atoms with Gasteiger partial charge in [0.05, 0.1) is 0 Å². The molecule has 0 aromatic carbocycles. The van der Waals surface area contributed by atoms with E-state index >= 15 is 0 Å². The third-order valence-electron chi connectivity index (χ3n) is 3.46. The van der Waals surface area contributed by atoms with Crippen LogP contribution in [-0.2, 0) is 0 Å². The molecule has 2 aliphatic rings. The summed E-state index contributed by atoms with van der Waals surface area (Å²) in [5.74, 6) is 0.845. The quantitative estimate of drug-likeness (QED) is 0.761. The number of pyridine rings is 1. The van der Waals surface area contributed by atoms with Crippen molar-refractivity contribution in [1.29, 1.82) is 0 Å². The standard InChI is InChI=1S/C12H12ClFN2/c13-12-11(14)3-10(6-16-12)7-1-8-4-15-5-9(8)2-7/h1,3,6,8-9,15H,2,4-5H2/t8-,9+/m0/s1. The average Bonchev–Trinajstić information content (AvgIpc) is 2.81. The Morgan fingerprint density at radius 3 is 3.06 bits per heavy atom. The van der Waals surface area contributed by atoms with Crippen LogP contribution in [0, 0.1) is 17.7 Å². The monoisotopic (exact) mass is 238 g/mol. The van der Waals surface area contributed by atoms with E-state index in [9.17, 15) is 4.39 Å². The molecule has 0 saturated carbocycles. The molecule has 1 aliphatic heterocycles. The van der Waals surface area contributed by atoms with Crippen LogP contribution in [0.15, 0.2) is 18.3 Å². The zero-order chi connectivity index (χ0) is 11.1. The molecule has 1 aliphatic carbocycles. The SMILES string of the molecule is Fc1cc(C2=C[C@H]3CNC[C@H]3C2)cnc1Cl. The summed E-state index contributed by atoms with van der Waals surface area (Å²) in [5, 5.41) is 3.31. The van der Waals surface area contributed by atoms with Crippen molar-refractivity contribution in [3.63, 3.8) is 0 Å². The molecule has 0 spiro atoms. The van der Waals surface area contributed by atoms with E-state index in [-0.39, 0.29) is 5.15 Å². The van der Waals surface area contributed by atoms with Crippen molar-refractivity contribution in [3.8, 4) is 0 Å². The second-order valence-corrected chi connectivity index (χ2v) is 4.83. The largest absolute Gasteiger partial charge is 0.316 e. The Morgan fingerprint density at radius 2 is 2.31 bits per heavy atom. The molecule has 4 heteroatoms. The average molecular weight is 239 g/mol. The number of allylic oxidation sites excluding steroid dienone is 1. The van der Waals surface area contributed by atoms with E-state index in [2.05, 4.69) is 16.4 Å². The molecule has 3 rings (SSSR count). The van der Waals surface area contributed by atoms with Gasteiger partial charge in [0.15, 0.2) is 11.0 Å². The van der Waals surface area contributed by atoms with Gasteiger partial charge in [0.25, 0.3) is 0 Å². The van der Waals surface area contributed by atoms with Gasteiger partial charge < -0.3 is 5.32 Å². The van der Waals surface area contributed by atoms with Gasteiger partial charge in [-0.3, -0.25) is 0 Å². The number of halogens is 2. The fourth-order valence-corrected chi connectivity index (χ4v) is 2.70. The first-order chi connectivity index (χ1) is 7.74. The van der Waals surface area contributed by atoms with E-state index in [1.165, 1.54) is 11.6 Å². The first kappa shape index (κ1) is 10.2. The minimum atomic E-state index is -0.435. The molecule has 0 radical (unpaired) electrons. The Morgan fingerprint density at radius 1 is 1.44 bits per heavy atom. The summed E-state index contributed by atoms with van der Waals surface area (Å²) < 4.78 is 13.3. The third-order valence-corrected chi connectivity index (χ3v) is 3.73. The predicted molar refractivity (Wildman–Crippen MR) is 61.6 cm³/mol. The van der Waals surface area contributed by atoms with Gasteiger partial charge in [-0.2, -0.15) is 0 Å². The topological polar surface area (TPSA) is 24.9 Å². The van der Waals surface area contributed by atoms with Crippen LogP contribution in [0.5, 0.6) is 0 Å². The Labute approximate surface area is 98.5 Å². The predicted octanol–water partition coefficient (Wildman–Crippen LogP) is 2.50. The van der Waals surface area contributed by atoms with E-state index in [1.807, 2.05) is 0 Å². The Bertz CT molecular complexity index is 458. The van der Waals surface area contributed by atoms with Crippen molar-refractivity contribution in [1.82, 2.24) is 10.3 Å². The summed E-state index contributed by atoms with van der Waals surface area (Å²) >= 11 is 5.57. The Kier molecular flexibility index (Phi) is 2.45. The number of aromatic nitrogens is 1. The van der Waals surface area contributed by atoms with E-state index < -0.39 is 5.82 Å². The lowest BCUT2D eigenvalue weighted by molar-refractivity contribution is 0.536. The van der Waals surface area contributed by atoms with Crippen LogP contribution in [-0.4, -0.2) is 18.1 Å². The molecule has 1 N–H and O–H groups in total. The molecule has 1 aromatic heterocycles. The molecule has 0 unspecified atom stereocenters. The molecule has 1 saturated heterocycles. The van der Waals surface area contributed by atoms with Crippen LogP contribution in [0.25, 0.3) is 5.57 Å². The number of nitrogens with one attached hydrogen (secondary N) is 1. The molecule has 0 bridgehead atoms. The van der Waals surface area contributed by atoms with Crippen LogP contribution in [0.1, 0.15) is 12.0 Å². The van der Waals surface area contributed by atoms with Crippen molar-refractivity contribution in [2.24, 2.45) is 11.8 Å². The van der Waals surface area contributed by atoms with E-state index in [0.29, 0.717) is 11.8 Å². The lowest BCUT2D eigenvalue weighted by atomic mass is 9.99. The van der Waals surface area contributed by atoms with Crippen LogP contribution in [0.4, 0.5) is 4.39 Å². The molecule has 1 aromatic rings. The highest BCUT2D eigenvalue weighted by molar-refractivity contribution is 6.29. The third kappa shape index (κ3) is 1.64. The fourth-order valence-electron chi connectivity index (χ4n) is 2.59. The molecule has 2 heterocycles. The number of hydrogen-bond donors (Lipinski definition) is 1. The summed E-state index contributed by atoms with van der Waals surface area (Å²) in [6.45, 7) is 2.10. The number of nitrogens with zero attached hydrogens (tertiary/aromatic N) is 1. The minimum Gasteiger partial charge on any atom is -0.316 e. The van der Waals surface area contributed by atoms with Gasteiger partial charge in [-0.15, -0.1) is 0 Å². The van der Waals surface area contributed by atoms with Gasteiger partial charge in [-0.1, -0.05) is 17.7 Å². The summed E-state index contributed by atoms with van der Waals surface area (Å²) in [4.78, 5) is 3.85. The second kappa shape index (κ2) is 3.82. The summed E-state index contributed by atoms with van der Waals surface area (Å²) in [6.07, 6.45) is 4.92. The van der Waals surface area contributed by atoms with Crippen molar-refractivity contribution < 1.29 is 4.39 Å². The van der Waals surface area contributed by atoms with Crippen molar-refractivity contribution in [2.75, 3.05) is 13.1 Å². The summed E-state index contributed by atoms with van der Waals surface area (Å²) in [6, 6.07) is 1.48. The van der Waals surface area contributed by atoms with Gasteiger partial charge in [0.1, 0.15) is 0 Å². The van der Waals surface area contributed by atoms with Crippen LogP contribution in [0.3, 0.4) is 0 Å². The van der Waals surface area contributed by atoms with Crippen molar-refractivity contribution in [3.05, 3.63) is 34.9 Å². The van der Waals surface area contributed by atoms with Gasteiger partial charge in [-0.25, -0.2) is 9.37 Å². The highest BCUT2D eigenvalue weighted by atomic mass is 35.5. The van der Waals surface area contributed by atoms with E-state index in [0.717, 1.165) is 25.1 Å². The highest BCUT2D eigenvalue weighted by Gasteiger charge is 2.31. The normalized spacial score (nSPS) is 28.0. The molecule has 0 amide bonds. The molecule has 16 heavy (non-hydrogen) atoms. The maximum Gasteiger partial charge on any atom is 0.164 e. The van der Waals surface area contributed by atoms with E-state index in [4.69, 9.17) is 11.6 Å². The van der Waals surface area contributed by atoms with E-state index in [1.54, 1.807) is 6.20 Å². The van der Waals surface area contributed by atoms with Crippen LogP contribution in [0.2, 0.25) is 5.15 Å². The Hall–Kier alpha value is -0.930. The smallest absolute Gasteiger partial charge is 0.164 e. The van der Waals surface area contributed by atoms with Crippen LogP contribution >= 0.6 is 11.6 Å². The summed E-state index contributed by atoms with van der Waals surface area (Å²) in [5.41, 5.74) is 2.08. The number of fused-ring (bicyclic) bond motifs is 1. The molecule has 2 atom stereocenters. The fraction of sp³-hybridized carbons (Fsp3) is 0.417. The second-order valence-electron chi connectivity index (χ2n) is 4.47. The first-order valence-electron chi connectivity index (χ1n) is 5.47. The Balaban J connectivity index is 1.90. The first-order valence-corrected chi connectivity index (χ1v) is 5.84. The summed E-state index contributed by atoms with van der Waals surface area (Å²) in [7, 11) is 0. The maximum atomic E-state index is 13.3. The van der Waals surface area contributed by atoms with Gasteiger partial charge in [0, 0.05) is 12.7 Å². The highest BCUT2D eigenvalue weighted by Crippen LogP contribution is 2.38. The lowest BCUT2D eigenvalue weighted by Gasteiger charge is -2.06. The molecular formula is C12H12ClFN2. The lowest BCUT2D eigenvalue weighted by Crippen LogP contribution is -2.09. The van der Waals surface area contributed by atoms with Gasteiger partial charge in [-0.05, 0) is 42.0 Å². The molecule has 84 valence electrons. The molecular weight excluding hydrogens is 227 g/mol. The van der Waals surface area contributed by atoms with Crippen molar-refractivity contribution >= 4 is 17.2 Å². The molecule has 1 fully saturated rings. The molecule has 2 nitrogen and oxygen atoms in total. The number of hydrogen-bond acceptors (Lipinski definition) is 2.